The Morgan fingerprint density at radius 1 is 1.39 bits per heavy atom. The lowest BCUT2D eigenvalue weighted by Gasteiger charge is -2.21. The molecule has 2 N–H and O–H groups in total. The summed E-state index contributed by atoms with van der Waals surface area (Å²) in [6.45, 7) is 1.23. The summed E-state index contributed by atoms with van der Waals surface area (Å²) in [7, 11) is 0. The molecule has 0 radical (unpaired) electrons. The second-order valence-electron chi connectivity index (χ2n) is 4.39. The van der Waals surface area contributed by atoms with Crippen LogP contribution >= 0.6 is 15.9 Å². The van der Waals surface area contributed by atoms with Crippen molar-refractivity contribution in [1.82, 2.24) is 20.4 Å². The first-order valence-corrected chi connectivity index (χ1v) is 6.42. The fourth-order valence-electron chi connectivity index (χ4n) is 2.18. The number of pyridine rings is 1. The van der Waals surface area contributed by atoms with Crippen LogP contribution in [-0.4, -0.2) is 38.6 Å². The molecule has 0 aromatic carbocycles. The molecule has 1 fully saturated rings. The van der Waals surface area contributed by atoms with Crippen LogP contribution < -0.4 is 4.90 Å². The third-order valence-electron chi connectivity index (χ3n) is 3.18. The van der Waals surface area contributed by atoms with E-state index in [4.69, 9.17) is 0 Å². The minimum atomic E-state index is -0.943. The second kappa shape index (κ2) is 4.33. The van der Waals surface area contributed by atoms with Crippen molar-refractivity contribution in [2.75, 3.05) is 18.0 Å². The van der Waals surface area contributed by atoms with E-state index in [-0.39, 0.29) is 0 Å². The fourth-order valence-corrected chi connectivity index (χ4v) is 2.41. The average molecular weight is 310 g/mol. The van der Waals surface area contributed by atoms with Gasteiger partial charge in [-0.25, -0.2) is 4.98 Å². The summed E-state index contributed by atoms with van der Waals surface area (Å²) in [4.78, 5) is 6.37. The smallest absolute Gasteiger partial charge is 0.129 e. The van der Waals surface area contributed by atoms with Crippen molar-refractivity contribution in [1.29, 1.82) is 0 Å². The number of β-amino-alcohol motifs (C(OH)–C–C–N with tert-alkyl or cyclic N) is 1. The summed E-state index contributed by atoms with van der Waals surface area (Å²) in [6, 6.07) is 3.87. The minimum Gasteiger partial charge on any atom is -0.381 e. The predicted molar refractivity (Wildman–Crippen MR) is 69.0 cm³/mol. The monoisotopic (exact) mass is 309 g/mol. The van der Waals surface area contributed by atoms with E-state index >= 15 is 0 Å². The highest BCUT2D eigenvalue weighted by Crippen LogP contribution is 2.32. The zero-order chi connectivity index (χ0) is 12.6. The van der Waals surface area contributed by atoms with Gasteiger partial charge in [0.1, 0.15) is 17.1 Å². The van der Waals surface area contributed by atoms with Crippen molar-refractivity contribution in [3.8, 4) is 0 Å². The topological polar surface area (TPSA) is 77.9 Å². The first kappa shape index (κ1) is 11.6. The van der Waals surface area contributed by atoms with Gasteiger partial charge >= 0.3 is 0 Å². The molecule has 6 nitrogen and oxygen atoms in total. The minimum absolute atomic E-state index is 0.480. The maximum Gasteiger partial charge on any atom is 0.129 e. The van der Waals surface area contributed by atoms with Crippen LogP contribution in [0.1, 0.15) is 12.1 Å². The molecule has 2 aromatic heterocycles. The Kier molecular flexibility index (Phi) is 2.79. The summed E-state index contributed by atoms with van der Waals surface area (Å²) in [5, 5.41) is 20.8. The Balaban J connectivity index is 1.81. The fraction of sp³-hybridized carbons (Fsp3) is 0.364. The molecule has 7 heteroatoms. The number of nitrogens with zero attached hydrogens (tertiary/aromatic N) is 4. The average Bonchev–Trinajstić information content (AvgIpc) is 3.00. The van der Waals surface area contributed by atoms with Crippen LogP contribution in [0.4, 0.5) is 5.82 Å². The Hall–Kier alpha value is -1.47. The normalized spacial score (nSPS) is 23.6. The molecule has 1 aliphatic heterocycles. The van der Waals surface area contributed by atoms with Gasteiger partial charge in [-0.2, -0.15) is 15.4 Å². The highest BCUT2D eigenvalue weighted by atomic mass is 79.9. The number of aromatic nitrogens is 4. The molecule has 1 atom stereocenters. The molecule has 94 valence electrons. The van der Waals surface area contributed by atoms with Gasteiger partial charge < -0.3 is 10.0 Å². The third kappa shape index (κ3) is 1.99. The molecule has 3 heterocycles. The van der Waals surface area contributed by atoms with Gasteiger partial charge in [0.15, 0.2) is 0 Å². The number of anilines is 1. The van der Waals surface area contributed by atoms with Crippen molar-refractivity contribution in [2.45, 2.75) is 12.0 Å². The Morgan fingerprint density at radius 3 is 2.94 bits per heavy atom. The number of aliphatic hydroxyl groups is 1. The maximum atomic E-state index is 10.5. The van der Waals surface area contributed by atoms with E-state index in [1.165, 1.54) is 0 Å². The lowest BCUT2D eigenvalue weighted by atomic mass is 10.0. The number of halogens is 1. The van der Waals surface area contributed by atoms with Crippen LogP contribution in [0.3, 0.4) is 0 Å². The molecular formula is C11H12BrN5O. The van der Waals surface area contributed by atoms with Crippen LogP contribution in [0.5, 0.6) is 0 Å². The Labute approximate surface area is 112 Å². The van der Waals surface area contributed by atoms with E-state index in [1.54, 1.807) is 12.4 Å². The lowest BCUT2D eigenvalue weighted by Crippen LogP contribution is -2.31. The van der Waals surface area contributed by atoms with Crippen LogP contribution in [-0.2, 0) is 5.60 Å². The molecule has 0 bridgehead atoms. The highest BCUT2D eigenvalue weighted by Gasteiger charge is 2.40. The van der Waals surface area contributed by atoms with Gasteiger partial charge in [0, 0.05) is 23.6 Å². The zero-order valence-electron chi connectivity index (χ0n) is 9.54. The van der Waals surface area contributed by atoms with Crippen molar-refractivity contribution in [2.24, 2.45) is 0 Å². The summed E-state index contributed by atoms with van der Waals surface area (Å²) in [5.41, 5.74) is -0.357. The van der Waals surface area contributed by atoms with Gasteiger partial charge in [-0.1, -0.05) is 0 Å². The molecule has 0 aliphatic carbocycles. The lowest BCUT2D eigenvalue weighted by molar-refractivity contribution is 0.0559. The molecular weight excluding hydrogens is 298 g/mol. The van der Waals surface area contributed by atoms with E-state index in [0.29, 0.717) is 18.7 Å². The quantitative estimate of drug-likeness (QED) is 0.867. The summed E-state index contributed by atoms with van der Waals surface area (Å²) in [6.07, 6.45) is 3.94. The van der Waals surface area contributed by atoms with E-state index < -0.39 is 5.60 Å². The van der Waals surface area contributed by atoms with Gasteiger partial charge in [0.25, 0.3) is 0 Å². The molecule has 2 aromatic rings. The van der Waals surface area contributed by atoms with E-state index in [1.807, 2.05) is 17.0 Å². The number of hydrogen-bond acceptors (Lipinski definition) is 5. The largest absolute Gasteiger partial charge is 0.381 e. The van der Waals surface area contributed by atoms with E-state index in [9.17, 15) is 5.11 Å². The maximum absolute atomic E-state index is 10.5. The van der Waals surface area contributed by atoms with Crippen LogP contribution in [0.15, 0.2) is 29.0 Å². The molecule has 0 saturated carbocycles. The first-order chi connectivity index (χ1) is 8.67. The molecule has 1 unspecified atom stereocenters. The molecule has 1 aliphatic rings. The van der Waals surface area contributed by atoms with E-state index in [0.717, 1.165) is 16.8 Å². The summed E-state index contributed by atoms with van der Waals surface area (Å²) >= 11 is 3.36. The second-order valence-corrected chi connectivity index (χ2v) is 5.31. The van der Waals surface area contributed by atoms with Crippen LogP contribution in [0, 0.1) is 0 Å². The van der Waals surface area contributed by atoms with Gasteiger partial charge in [-0.3, -0.25) is 0 Å². The number of H-pyrrole nitrogens is 1. The van der Waals surface area contributed by atoms with Crippen molar-refractivity contribution >= 4 is 21.7 Å². The standard InChI is InChI=1S/C11H12BrN5O/c12-8-1-2-10(13-5-8)17-4-3-11(18,7-17)9-6-14-16-15-9/h1-2,5-6,18H,3-4,7H2,(H,14,15,16). The molecule has 0 spiro atoms. The van der Waals surface area contributed by atoms with Crippen molar-refractivity contribution in [3.05, 3.63) is 34.7 Å². The Morgan fingerprint density at radius 2 is 2.28 bits per heavy atom. The summed E-state index contributed by atoms with van der Waals surface area (Å²) in [5.74, 6) is 0.859. The van der Waals surface area contributed by atoms with Gasteiger partial charge in [0.05, 0.1) is 12.7 Å². The number of aromatic amines is 1. The number of nitrogens with one attached hydrogen (secondary N) is 1. The van der Waals surface area contributed by atoms with Crippen LogP contribution in [0.25, 0.3) is 0 Å². The highest BCUT2D eigenvalue weighted by molar-refractivity contribution is 9.10. The Bertz CT molecular complexity index is 529. The zero-order valence-corrected chi connectivity index (χ0v) is 11.1. The number of rotatable bonds is 2. The SMILES string of the molecule is OC1(c2cn[nH]n2)CCN(c2ccc(Br)cn2)C1. The molecule has 3 rings (SSSR count). The van der Waals surface area contributed by atoms with Gasteiger partial charge in [0.2, 0.25) is 0 Å². The molecule has 18 heavy (non-hydrogen) atoms. The van der Waals surface area contributed by atoms with Crippen molar-refractivity contribution in [3.63, 3.8) is 0 Å². The van der Waals surface area contributed by atoms with Gasteiger partial charge in [-0.05, 0) is 28.1 Å². The molecule has 1 saturated heterocycles. The predicted octanol–water partition coefficient (Wildman–Crippen LogP) is 1.06. The molecule has 0 amide bonds. The van der Waals surface area contributed by atoms with Crippen LogP contribution in [0.2, 0.25) is 0 Å². The van der Waals surface area contributed by atoms with Gasteiger partial charge in [-0.15, -0.1) is 0 Å². The van der Waals surface area contributed by atoms with Crippen molar-refractivity contribution < 1.29 is 5.11 Å². The first-order valence-electron chi connectivity index (χ1n) is 5.62. The summed E-state index contributed by atoms with van der Waals surface area (Å²) < 4.78 is 0.942. The third-order valence-corrected chi connectivity index (χ3v) is 3.64. The van der Waals surface area contributed by atoms with E-state index in [2.05, 4.69) is 36.3 Å². The number of hydrogen-bond donors (Lipinski definition) is 2.